The molecule has 2 heterocycles. The van der Waals surface area contributed by atoms with Crippen molar-refractivity contribution in [1.29, 1.82) is 0 Å². The second kappa shape index (κ2) is 9.27. The van der Waals surface area contributed by atoms with E-state index >= 15 is 0 Å². The number of aromatic nitrogens is 4. The normalized spacial score (nSPS) is 13.0. The highest BCUT2D eigenvalue weighted by atomic mass is 32.2. The molecule has 13 heteroatoms. The lowest BCUT2D eigenvalue weighted by atomic mass is 9.97. The van der Waals surface area contributed by atoms with E-state index in [1.165, 1.54) is 0 Å². The molecule has 1 atom stereocenters. The van der Waals surface area contributed by atoms with Crippen LogP contribution in [0, 0.1) is 0 Å². The Bertz CT molecular complexity index is 1270. The third kappa shape index (κ3) is 5.73. The van der Waals surface area contributed by atoms with Crippen molar-refractivity contribution in [2.75, 3.05) is 12.4 Å². The molecule has 0 saturated carbocycles. The van der Waals surface area contributed by atoms with Crippen LogP contribution in [0.2, 0.25) is 0 Å². The number of aryl methyl sites for hydroxylation is 1. The van der Waals surface area contributed by atoms with E-state index in [9.17, 15) is 26.4 Å². The molecule has 9 nitrogen and oxygen atoms in total. The molecule has 0 spiro atoms. The van der Waals surface area contributed by atoms with Crippen LogP contribution >= 0.6 is 0 Å². The summed E-state index contributed by atoms with van der Waals surface area (Å²) < 4.78 is 67.5. The number of pyridine rings is 1. The number of benzene rings is 1. The summed E-state index contributed by atoms with van der Waals surface area (Å²) in [6.45, 7) is 1.96. The minimum absolute atomic E-state index is 0.00353. The highest BCUT2D eigenvalue weighted by Crippen LogP contribution is 2.30. The van der Waals surface area contributed by atoms with Crippen molar-refractivity contribution in [2.24, 2.45) is 7.05 Å². The molecule has 2 aromatic heterocycles. The summed E-state index contributed by atoms with van der Waals surface area (Å²) in [5, 5.41) is 10.4. The molecule has 0 saturated heterocycles. The van der Waals surface area contributed by atoms with Crippen molar-refractivity contribution in [2.45, 2.75) is 30.3 Å². The third-order valence-corrected chi connectivity index (χ3v) is 6.30. The molecule has 3 rings (SSSR count). The van der Waals surface area contributed by atoms with Crippen molar-refractivity contribution >= 4 is 21.6 Å². The Balaban J connectivity index is 1.87. The van der Waals surface area contributed by atoms with Gasteiger partial charge in [-0.2, -0.15) is 13.2 Å². The predicted octanol–water partition coefficient (Wildman–Crippen LogP) is 2.74. The Kier molecular flexibility index (Phi) is 6.84. The van der Waals surface area contributed by atoms with Crippen LogP contribution in [0.1, 0.15) is 40.4 Å². The summed E-state index contributed by atoms with van der Waals surface area (Å²) in [6, 6.07) is 7.94. The highest BCUT2D eigenvalue weighted by Gasteiger charge is 2.35. The van der Waals surface area contributed by atoms with Gasteiger partial charge in [0.1, 0.15) is 23.5 Å². The minimum atomic E-state index is -4.94. The lowest BCUT2D eigenvalue weighted by molar-refractivity contribution is -0.141. The van der Waals surface area contributed by atoms with Crippen molar-refractivity contribution < 1.29 is 26.4 Å². The summed E-state index contributed by atoms with van der Waals surface area (Å²) in [4.78, 5) is 15.3. The van der Waals surface area contributed by atoms with Gasteiger partial charge in [-0.15, -0.1) is 10.2 Å². The second-order valence-corrected chi connectivity index (χ2v) is 9.21. The first-order chi connectivity index (χ1) is 15.4. The van der Waals surface area contributed by atoms with Crippen LogP contribution in [0.5, 0.6) is 0 Å². The van der Waals surface area contributed by atoms with Gasteiger partial charge in [0, 0.05) is 19.2 Å². The molecule has 0 aliphatic heterocycles. The van der Waals surface area contributed by atoms with E-state index in [0.717, 1.165) is 24.5 Å². The van der Waals surface area contributed by atoms with Gasteiger partial charge in [0.2, 0.25) is 10.0 Å². The summed E-state index contributed by atoms with van der Waals surface area (Å²) in [5.74, 6) is -0.209. The smallest absolute Gasteiger partial charge is 0.321 e. The molecule has 2 N–H and O–H groups in total. The standard InChI is InChI=1S/C20H21F3N6O3S/c1-12(7-18-28-25-11-29(18)3)13-5-4-6-14(8-13)26-19(30)16-9-15(33(31,32)24-2)10-17(27-16)20(21,22)23/h4-6,8-12,24H,7H2,1-3H3,(H,26,30)/t12-/m1/s1. The summed E-state index contributed by atoms with van der Waals surface area (Å²) in [5.41, 5.74) is -1.00. The molecule has 0 aliphatic carbocycles. The lowest BCUT2D eigenvalue weighted by Crippen LogP contribution is -2.23. The molecule has 0 aliphatic rings. The average molecular weight is 482 g/mol. The van der Waals surface area contributed by atoms with Crippen LogP contribution in [0.3, 0.4) is 0 Å². The van der Waals surface area contributed by atoms with E-state index in [0.29, 0.717) is 18.2 Å². The van der Waals surface area contributed by atoms with Crippen molar-refractivity contribution in [3.8, 4) is 0 Å². The lowest BCUT2D eigenvalue weighted by Gasteiger charge is -2.14. The van der Waals surface area contributed by atoms with Crippen LogP contribution in [0.4, 0.5) is 18.9 Å². The summed E-state index contributed by atoms with van der Waals surface area (Å²) in [6.07, 6.45) is -2.78. The zero-order chi connectivity index (χ0) is 24.4. The zero-order valence-electron chi connectivity index (χ0n) is 17.9. The Labute approximate surface area is 188 Å². The number of rotatable bonds is 7. The first-order valence-electron chi connectivity index (χ1n) is 9.67. The Hall–Kier alpha value is -3.32. The van der Waals surface area contributed by atoms with Gasteiger partial charge in [-0.25, -0.2) is 18.1 Å². The Morgan fingerprint density at radius 3 is 2.55 bits per heavy atom. The van der Waals surface area contributed by atoms with E-state index in [-0.39, 0.29) is 5.92 Å². The third-order valence-electron chi connectivity index (χ3n) is 4.91. The Morgan fingerprint density at radius 1 is 1.21 bits per heavy atom. The Morgan fingerprint density at radius 2 is 1.94 bits per heavy atom. The van der Waals surface area contributed by atoms with E-state index < -0.39 is 38.4 Å². The fraction of sp³-hybridized carbons (Fsp3) is 0.300. The maximum atomic E-state index is 13.2. The highest BCUT2D eigenvalue weighted by molar-refractivity contribution is 7.89. The molecule has 0 radical (unpaired) electrons. The summed E-state index contributed by atoms with van der Waals surface area (Å²) in [7, 11) is -1.36. The number of carbonyl (C=O) groups is 1. The predicted molar refractivity (Wildman–Crippen MR) is 113 cm³/mol. The molecule has 0 unspecified atom stereocenters. The molecule has 176 valence electrons. The minimum Gasteiger partial charge on any atom is -0.321 e. The maximum Gasteiger partial charge on any atom is 0.433 e. The van der Waals surface area contributed by atoms with Gasteiger partial charge in [0.15, 0.2) is 0 Å². The SMILES string of the molecule is CNS(=O)(=O)c1cc(C(=O)Nc2cccc([C@H](C)Cc3nncn3C)c2)nc(C(F)(F)F)c1. The maximum absolute atomic E-state index is 13.2. The molecule has 3 aromatic rings. The molecular weight excluding hydrogens is 461 g/mol. The molecule has 0 fully saturated rings. The van der Waals surface area contributed by atoms with Crippen LogP contribution in [-0.4, -0.2) is 41.1 Å². The molecular formula is C20H21F3N6O3S. The number of carbonyl (C=O) groups excluding carboxylic acids is 1. The number of nitrogens with zero attached hydrogens (tertiary/aromatic N) is 4. The van der Waals surface area contributed by atoms with E-state index in [1.54, 1.807) is 29.1 Å². The molecule has 1 amide bonds. The van der Waals surface area contributed by atoms with Gasteiger partial charge in [-0.3, -0.25) is 4.79 Å². The number of amides is 1. The largest absolute Gasteiger partial charge is 0.433 e. The van der Waals surface area contributed by atoms with Crippen molar-refractivity contribution in [1.82, 2.24) is 24.5 Å². The quantitative estimate of drug-likeness (QED) is 0.535. The number of halogens is 3. The molecule has 1 aromatic carbocycles. The number of alkyl halides is 3. The zero-order valence-corrected chi connectivity index (χ0v) is 18.7. The van der Waals surface area contributed by atoms with Crippen LogP contribution < -0.4 is 10.0 Å². The van der Waals surface area contributed by atoms with Gasteiger partial charge < -0.3 is 9.88 Å². The van der Waals surface area contributed by atoms with Gasteiger partial charge >= 0.3 is 6.18 Å². The fourth-order valence-electron chi connectivity index (χ4n) is 3.04. The van der Waals surface area contributed by atoms with Crippen LogP contribution in [-0.2, 0) is 29.7 Å². The summed E-state index contributed by atoms with van der Waals surface area (Å²) >= 11 is 0. The molecule has 0 bridgehead atoms. The van der Waals surface area contributed by atoms with Gasteiger partial charge in [-0.05, 0) is 42.8 Å². The second-order valence-electron chi connectivity index (χ2n) is 7.32. The fourth-order valence-corrected chi connectivity index (χ4v) is 3.81. The van der Waals surface area contributed by atoms with Gasteiger partial charge in [0.25, 0.3) is 5.91 Å². The van der Waals surface area contributed by atoms with Gasteiger partial charge in [-0.1, -0.05) is 19.1 Å². The van der Waals surface area contributed by atoms with Crippen molar-refractivity contribution in [3.63, 3.8) is 0 Å². The van der Waals surface area contributed by atoms with Gasteiger partial charge in [0.05, 0.1) is 4.90 Å². The topological polar surface area (TPSA) is 119 Å². The number of hydrogen-bond donors (Lipinski definition) is 2. The first-order valence-corrected chi connectivity index (χ1v) is 11.2. The monoisotopic (exact) mass is 482 g/mol. The average Bonchev–Trinajstić information content (AvgIpc) is 3.17. The van der Waals surface area contributed by atoms with Crippen molar-refractivity contribution in [3.05, 3.63) is 65.5 Å². The number of sulfonamides is 1. The first kappa shape index (κ1) is 24.3. The number of anilines is 1. The number of hydrogen-bond acceptors (Lipinski definition) is 6. The van der Waals surface area contributed by atoms with E-state index in [2.05, 4.69) is 20.5 Å². The molecule has 33 heavy (non-hydrogen) atoms. The number of nitrogens with one attached hydrogen (secondary N) is 2. The van der Waals surface area contributed by atoms with E-state index in [4.69, 9.17) is 0 Å². The van der Waals surface area contributed by atoms with E-state index in [1.807, 2.05) is 24.8 Å². The van der Waals surface area contributed by atoms with Crippen LogP contribution in [0.25, 0.3) is 0 Å². The van der Waals surface area contributed by atoms with Crippen LogP contribution in [0.15, 0.2) is 47.6 Å².